The first-order valence-corrected chi connectivity index (χ1v) is 7.28. The summed E-state index contributed by atoms with van der Waals surface area (Å²) in [7, 11) is 1.91. The summed E-state index contributed by atoms with van der Waals surface area (Å²) in [5.74, 6) is -0.0361. The Kier molecular flexibility index (Phi) is 4.99. The molecule has 0 atom stereocenters. The first-order valence-electron chi connectivity index (χ1n) is 7.28. The number of carbonyl (C=O) groups excluding carboxylic acids is 1. The molecule has 3 heteroatoms. The fraction of sp³-hybridized carbons (Fsp3) is 0.278. The minimum atomic E-state index is -0.0361. The van der Waals surface area contributed by atoms with Gasteiger partial charge in [0.2, 0.25) is 5.91 Å². The summed E-state index contributed by atoms with van der Waals surface area (Å²) in [5, 5.41) is 6.03. The van der Waals surface area contributed by atoms with Crippen LogP contribution in [-0.2, 0) is 17.6 Å². The van der Waals surface area contributed by atoms with E-state index in [-0.39, 0.29) is 5.91 Å². The van der Waals surface area contributed by atoms with Gasteiger partial charge in [0.15, 0.2) is 0 Å². The van der Waals surface area contributed by atoms with Crippen LogP contribution in [0.5, 0.6) is 0 Å². The molecule has 110 valence electrons. The molecule has 0 spiro atoms. The van der Waals surface area contributed by atoms with Crippen molar-refractivity contribution in [2.45, 2.75) is 26.7 Å². The highest BCUT2D eigenvalue weighted by atomic mass is 16.1. The topological polar surface area (TPSA) is 41.1 Å². The van der Waals surface area contributed by atoms with Gasteiger partial charge >= 0.3 is 0 Å². The highest BCUT2D eigenvalue weighted by Gasteiger charge is 2.06. The highest BCUT2D eigenvalue weighted by molar-refractivity contribution is 5.89. The summed E-state index contributed by atoms with van der Waals surface area (Å²) in [6, 6.07) is 14.6. The molecule has 0 bridgehead atoms. The Morgan fingerprint density at radius 3 is 2.29 bits per heavy atom. The van der Waals surface area contributed by atoms with Crippen LogP contribution in [0.25, 0.3) is 0 Å². The predicted octanol–water partition coefficient (Wildman–Crippen LogP) is 3.84. The van der Waals surface area contributed by atoms with Gasteiger partial charge in [-0.3, -0.25) is 4.79 Å². The summed E-state index contributed by atoms with van der Waals surface area (Å²) in [6.07, 6.45) is 1.81. The van der Waals surface area contributed by atoms with Crippen LogP contribution < -0.4 is 10.6 Å². The molecule has 2 rings (SSSR count). The Labute approximate surface area is 126 Å². The lowest BCUT2D eigenvalue weighted by Crippen LogP contribution is -2.08. The minimum absolute atomic E-state index is 0.0361. The van der Waals surface area contributed by atoms with E-state index in [4.69, 9.17) is 0 Å². The van der Waals surface area contributed by atoms with Crippen LogP contribution in [0.4, 0.5) is 11.4 Å². The van der Waals surface area contributed by atoms with Crippen molar-refractivity contribution in [3.63, 3.8) is 0 Å². The van der Waals surface area contributed by atoms with Gasteiger partial charge in [0.1, 0.15) is 0 Å². The van der Waals surface area contributed by atoms with Gasteiger partial charge in [-0.05, 0) is 47.7 Å². The van der Waals surface area contributed by atoms with Crippen molar-refractivity contribution < 1.29 is 4.79 Å². The van der Waals surface area contributed by atoms with Gasteiger partial charge in [-0.2, -0.15) is 0 Å². The van der Waals surface area contributed by atoms with Gasteiger partial charge in [-0.15, -0.1) is 0 Å². The lowest BCUT2D eigenvalue weighted by atomic mass is 9.99. The van der Waals surface area contributed by atoms with Gasteiger partial charge < -0.3 is 10.6 Å². The largest absolute Gasteiger partial charge is 0.388 e. The quantitative estimate of drug-likeness (QED) is 0.875. The van der Waals surface area contributed by atoms with Crippen LogP contribution in [0.2, 0.25) is 0 Å². The SMILES string of the molecule is CCc1ccc(NC(C)=O)c(Cc2ccc(NC)cc2)c1. The summed E-state index contributed by atoms with van der Waals surface area (Å²) < 4.78 is 0. The molecule has 21 heavy (non-hydrogen) atoms. The second kappa shape index (κ2) is 6.93. The molecule has 0 saturated heterocycles. The predicted molar refractivity (Wildman–Crippen MR) is 88.9 cm³/mol. The summed E-state index contributed by atoms with van der Waals surface area (Å²) in [5.41, 5.74) is 5.67. The fourth-order valence-corrected chi connectivity index (χ4v) is 2.33. The van der Waals surface area contributed by atoms with Gasteiger partial charge in [0.05, 0.1) is 0 Å². The van der Waals surface area contributed by atoms with E-state index in [1.54, 1.807) is 6.92 Å². The van der Waals surface area contributed by atoms with Crippen LogP contribution in [-0.4, -0.2) is 13.0 Å². The standard InChI is InChI=1S/C18H22N2O/c1-4-14-7-10-18(20-13(2)21)16(11-14)12-15-5-8-17(19-3)9-6-15/h5-11,19H,4,12H2,1-3H3,(H,20,21). The maximum absolute atomic E-state index is 11.3. The first kappa shape index (κ1) is 15.1. The van der Waals surface area contributed by atoms with E-state index in [0.29, 0.717) is 0 Å². The molecular formula is C18H22N2O. The number of amides is 1. The third-order valence-corrected chi connectivity index (χ3v) is 3.53. The Morgan fingerprint density at radius 2 is 1.71 bits per heavy atom. The molecule has 0 heterocycles. The van der Waals surface area contributed by atoms with Crippen LogP contribution in [0.1, 0.15) is 30.5 Å². The summed E-state index contributed by atoms with van der Waals surface area (Å²) in [4.78, 5) is 11.3. The average Bonchev–Trinajstić information content (AvgIpc) is 2.49. The normalized spacial score (nSPS) is 10.2. The molecule has 0 fully saturated rings. The molecule has 0 unspecified atom stereocenters. The van der Waals surface area contributed by atoms with Crippen molar-refractivity contribution in [3.8, 4) is 0 Å². The van der Waals surface area contributed by atoms with E-state index in [2.05, 4.69) is 54.0 Å². The fourth-order valence-electron chi connectivity index (χ4n) is 2.33. The number of hydrogen-bond acceptors (Lipinski definition) is 2. The molecule has 2 aromatic rings. The number of anilines is 2. The molecule has 1 amide bonds. The molecule has 0 aromatic heterocycles. The molecule has 2 aromatic carbocycles. The highest BCUT2D eigenvalue weighted by Crippen LogP contribution is 2.22. The van der Waals surface area contributed by atoms with E-state index in [1.165, 1.54) is 11.1 Å². The minimum Gasteiger partial charge on any atom is -0.388 e. The van der Waals surface area contributed by atoms with Gasteiger partial charge in [-0.1, -0.05) is 31.2 Å². The zero-order chi connectivity index (χ0) is 15.2. The van der Waals surface area contributed by atoms with Crippen molar-refractivity contribution in [1.29, 1.82) is 0 Å². The zero-order valence-corrected chi connectivity index (χ0v) is 12.9. The van der Waals surface area contributed by atoms with E-state index in [0.717, 1.165) is 29.8 Å². The van der Waals surface area contributed by atoms with Crippen molar-refractivity contribution in [2.24, 2.45) is 0 Å². The first-order chi connectivity index (χ1) is 10.1. The number of rotatable bonds is 5. The van der Waals surface area contributed by atoms with Crippen molar-refractivity contribution >= 4 is 17.3 Å². The molecule has 0 saturated carbocycles. The Bertz CT molecular complexity index is 618. The van der Waals surface area contributed by atoms with Gasteiger partial charge in [0.25, 0.3) is 0 Å². The van der Waals surface area contributed by atoms with Crippen molar-refractivity contribution in [2.75, 3.05) is 17.7 Å². The Balaban J connectivity index is 2.28. The molecule has 0 aliphatic carbocycles. The van der Waals surface area contributed by atoms with Crippen molar-refractivity contribution in [3.05, 3.63) is 59.2 Å². The molecular weight excluding hydrogens is 260 g/mol. The van der Waals surface area contributed by atoms with Gasteiger partial charge in [0, 0.05) is 25.3 Å². The third kappa shape index (κ3) is 4.09. The van der Waals surface area contributed by atoms with E-state index < -0.39 is 0 Å². The van der Waals surface area contributed by atoms with E-state index >= 15 is 0 Å². The van der Waals surface area contributed by atoms with Crippen LogP contribution in [0, 0.1) is 0 Å². The van der Waals surface area contributed by atoms with Gasteiger partial charge in [-0.25, -0.2) is 0 Å². The molecule has 3 nitrogen and oxygen atoms in total. The maximum Gasteiger partial charge on any atom is 0.221 e. The summed E-state index contributed by atoms with van der Waals surface area (Å²) in [6.45, 7) is 3.68. The number of nitrogens with one attached hydrogen (secondary N) is 2. The zero-order valence-electron chi connectivity index (χ0n) is 12.9. The number of benzene rings is 2. The van der Waals surface area contributed by atoms with E-state index in [1.807, 2.05) is 13.1 Å². The lowest BCUT2D eigenvalue weighted by molar-refractivity contribution is -0.114. The Hall–Kier alpha value is -2.29. The number of aryl methyl sites for hydroxylation is 1. The molecule has 0 radical (unpaired) electrons. The Morgan fingerprint density at radius 1 is 1.05 bits per heavy atom. The second-order valence-corrected chi connectivity index (χ2v) is 5.15. The summed E-state index contributed by atoms with van der Waals surface area (Å²) >= 11 is 0. The monoisotopic (exact) mass is 282 g/mol. The molecule has 0 aliphatic heterocycles. The lowest BCUT2D eigenvalue weighted by Gasteiger charge is -2.12. The number of carbonyl (C=O) groups is 1. The van der Waals surface area contributed by atoms with Crippen LogP contribution >= 0.6 is 0 Å². The third-order valence-electron chi connectivity index (χ3n) is 3.53. The van der Waals surface area contributed by atoms with E-state index in [9.17, 15) is 4.79 Å². The van der Waals surface area contributed by atoms with Crippen molar-refractivity contribution in [1.82, 2.24) is 0 Å². The van der Waals surface area contributed by atoms with Crippen LogP contribution in [0.15, 0.2) is 42.5 Å². The second-order valence-electron chi connectivity index (χ2n) is 5.15. The molecule has 0 aliphatic rings. The van der Waals surface area contributed by atoms with Crippen LogP contribution in [0.3, 0.4) is 0 Å². The molecule has 2 N–H and O–H groups in total. The smallest absolute Gasteiger partial charge is 0.221 e. The number of hydrogen-bond donors (Lipinski definition) is 2. The maximum atomic E-state index is 11.3. The average molecular weight is 282 g/mol.